The quantitative estimate of drug-likeness (QED) is 0.512. The molecule has 12 heavy (non-hydrogen) atoms. The average molecular weight is 166 g/mol. The second kappa shape index (κ2) is 2.27. The highest BCUT2D eigenvalue weighted by molar-refractivity contribution is 5.02. The zero-order valence-corrected chi connectivity index (χ0v) is 8.98. The summed E-state index contributed by atoms with van der Waals surface area (Å²) in [6.45, 7) is 9.80. The standard InChI is InChI=1S/C12H22/c1-11(2,3)12(4)8-9-5-6-10(12)7-9/h9-10H,5-8H2,1-4H3. The van der Waals surface area contributed by atoms with Gasteiger partial charge in [0.1, 0.15) is 0 Å². The van der Waals surface area contributed by atoms with Crippen LogP contribution < -0.4 is 0 Å². The Hall–Kier alpha value is 0. The van der Waals surface area contributed by atoms with Gasteiger partial charge >= 0.3 is 0 Å². The number of hydrogen-bond donors (Lipinski definition) is 0. The van der Waals surface area contributed by atoms with Gasteiger partial charge in [0.2, 0.25) is 0 Å². The number of hydrogen-bond acceptors (Lipinski definition) is 0. The SMILES string of the molecule is CC(C)(C)C1(C)CC2CCC1C2. The first-order valence-corrected chi connectivity index (χ1v) is 5.43. The van der Waals surface area contributed by atoms with Crippen LogP contribution in [-0.4, -0.2) is 0 Å². The minimum absolute atomic E-state index is 0.521. The predicted molar refractivity (Wildman–Crippen MR) is 53.0 cm³/mol. The molecule has 2 saturated carbocycles. The average Bonchev–Trinajstić information content (AvgIpc) is 2.43. The molecule has 0 aliphatic heterocycles. The van der Waals surface area contributed by atoms with Gasteiger partial charge in [-0.05, 0) is 41.9 Å². The Morgan fingerprint density at radius 1 is 1.17 bits per heavy atom. The van der Waals surface area contributed by atoms with Gasteiger partial charge in [-0.1, -0.05) is 34.1 Å². The van der Waals surface area contributed by atoms with E-state index in [-0.39, 0.29) is 0 Å². The van der Waals surface area contributed by atoms with Crippen LogP contribution in [0.15, 0.2) is 0 Å². The fraction of sp³-hybridized carbons (Fsp3) is 1.00. The van der Waals surface area contributed by atoms with Crippen LogP contribution in [0.5, 0.6) is 0 Å². The molecule has 3 atom stereocenters. The number of rotatable bonds is 0. The van der Waals surface area contributed by atoms with Crippen molar-refractivity contribution in [2.75, 3.05) is 0 Å². The first-order valence-electron chi connectivity index (χ1n) is 5.43. The summed E-state index contributed by atoms with van der Waals surface area (Å²) < 4.78 is 0. The Morgan fingerprint density at radius 2 is 1.83 bits per heavy atom. The van der Waals surface area contributed by atoms with Gasteiger partial charge < -0.3 is 0 Å². The molecule has 0 radical (unpaired) electrons. The molecule has 2 rings (SSSR count). The normalized spacial score (nSPS) is 47.0. The highest BCUT2D eigenvalue weighted by Gasteiger charge is 2.53. The third kappa shape index (κ3) is 0.963. The van der Waals surface area contributed by atoms with Crippen molar-refractivity contribution in [3.63, 3.8) is 0 Å². The fourth-order valence-electron chi connectivity index (χ4n) is 3.52. The lowest BCUT2D eigenvalue weighted by Gasteiger charge is -2.45. The molecule has 2 aliphatic carbocycles. The van der Waals surface area contributed by atoms with Crippen molar-refractivity contribution in [3.05, 3.63) is 0 Å². The van der Waals surface area contributed by atoms with E-state index >= 15 is 0 Å². The lowest BCUT2D eigenvalue weighted by atomic mass is 9.60. The van der Waals surface area contributed by atoms with E-state index in [0.717, 1.165) is 11.8 Å². The Kier molecular flexibility index (Phi) is 1.63. The van der Waals surface area contributed by atoms with Crippen molar-refractivity contribution >= 4 is 0 Å². The highest BCUT2D eigenvalue weighted by Crippen LogP contribution is 2.62. The summed E-state index contributed by atoms with van der Waals surface area (Å²) in [6.07, 6.45) is 6.07. The van der Waals surface area contributed by atoms with Crippen LogP contribution in [0.4, 0.5) is 0 Å². The van der Waals surface area contributed by atoms with Gasteiger partial charge in [-0.3, -0.25) is 0 Å². The molecule has 0 aromatic rings. The molecule has 70 valence electrons. The molecule has 2 bridgehead atoms. The molecule has 0 spiro atoms. The first kappa shape index (κ1) is 8.59. The Morgan fingerprint density at radius 3 is 2.08 bits per heavy atom. The molecule has 0 amide bonds. The van der Waals surface area contributed by atoms with E-state index < -0.39 is 0 Å². The molecule has 0 aromatic heterocycles. The van der Waals surface area contributed by atoms with Gasteiger partial charge in [0.05, 0.1) is 0 Å². The molecule has 0 heteroatoms. The van der Waals surface area contributed by atoms with Crippen molar-refractivity contribution in [1.82, 2.24) is 0 Å². The maximum absolute atomic E-state index is 2.52. The minimum Gasteiger partial charge on any atom is -0.0596 e. The summed E-state index contributed by atoms with van der Waals surface area (Å²) in [7, 11) is 0. The largest absolute Gasteiger partial charge is 0.0596 e. The third-order valence-electron chi connectivity index (χ3n) is 4.87. The molecule has 3 unspecified atom stereocenters. The van der Waals surface area contributed by atoms with Crippen LogP contribution in [-0.2, 0) is 0 Å². The molecular formula is C12H22. The molecule has 0 heterocycles. The van der Waals surface area contributed by atoms with Gasteiger partial charge in [0, 0.05) is 0 Å². The molecule has 2 fully saturated rings. The van der Waals surface area contributed by atoms with Crippen molar-refractivity contribution < 1.29 is 0 Å². The maximum Gasteiger partial charge on any atom is -0.0246 e. The van der Waals surface area contributed by atoms with Crippen molar-refractivity contribution in [3.8, 4) is 0 Å². The van der Waals surface area contributed by atoms with Crippen LogP contribution in [0.3, 0.4) is 0 Å². The van der Waals surface area contributed by atoms with Crippen LogP contribution in [0, 0.1) is 22.7 Å². The molecule has 0 aromatic carbocycles. The molecule has 0 nitrogen and oxygen atoms in total. The predicted octanol–water partition coefficient (Wildman–Crippen LogP) is 3.86. The Bertz CT molecular complexity index is 187. The third-order valence-corrected chi connectivity index (χ3v) is 4.87. The van der Waals surface area contributed by atoms with E-state index in [1.807, 2.05) is 0 Å². The van der Waals surface area contributed by atoms with Crippen LogP contribution in [0.25, 0.3) is 0 Å². The zero-order chi connectivity index (χ0) is 8.98. The topological polar surface area (TPSA) is 0 Å². The molecular weight excluding hydrogens is 144 g/mol. The van der Waals surface area contributed by atoms with E-state index in [0.29, 0.717) is 10.8 Å². The van der Waals surface area contributed by atoms with Gasteiger partial charge in [-0.25, -0.2) is 0 Å². The summed E-state index contributed by atoms with van der Waals surface area (Å²) in [5, 5.41) is 0. The first-order chi connectivity index (χ1) is 5.43. The molecule has 0 N–H and O–H groups in total. The second-order valence-electron chi connectivity index (χ2n) is 6.25. The maximum atomic E-state index is 2.52. The van der Waals surface area contributed by atoms with Crippen molar-refractivity contribution in [1.29, 1.82) is 0 Å². The van der Waals surface area contributed by atoms with Gasteiger partial charge in [0.15, 0.2) is 0 Å². The fourth-order valence-corrected chi connectivity index (χ4v) is 3.52. The Balaban J connectivity index is 2.23. The van der Waals surface area contributed by atoms with E-state index in [2.05, 4.69) is 27.7 Å². The summed E-state index contributed by atoms with van der Waals surface area (Å²) in [5.74, 6) is 2.13. The van der Waals surface area contributed by atoms with Crippen LogP contribution in [0.1, 0.15) is 53.4 Å². The number of fused-ring (bicyclic) bond motifs is 2. The van der Waals surface area contributed by atoms with E-state index in [1.54, 1.807) is 0 Å². The van der Waals surface area contributed by atoms with Crippen LogP contribution >= 0.6 is 0 Å². The lowest BCUT2D eigenvalue weighted by Crippen LogP contribution is -2.37. The van der Waals surface area contributed by atoms with Gasteiger partial charge in [-0.15, -0.1) is 0 Å². The van der Waals surface area contributed by atoms with Crippen molar-refractivity contribution in [2.24, 2.45) is 22.7 Å². The summed E-state index contributed by atoms with van der Waals surface area (Å²) in [4.78, 5) is 0. The molecule has 0 saturated heterocycles. The molecule has 2 aliphatic rings. The Labute approximate surface area is 76.7 Å². The second-order valence-corrected chi connectivity index (χ2v) is 6.25. The van der Waals surface area contributed by atoms with Gasteiger partial charge in [0.25, 0.3) is 0 Å². The van der Waals surface area contributed by atoms with Crippen molar-refractivity contribution in [2.45, 2.75) is 53.4 Å². The van der Waals surface area contributed by atoms with E-state index in [4.69, 9.17) is 0 Å². The van der Waals surface area contributed by atoms with Gasteiger partial charge in [-0.2, -0.15) is 0 Å². The summed E-state index contributed by atoms with van der Waals surface area (Å²) in [6, 6.07) is 0. The monoisotopic (exact) mass is 166 g/mol. The van der Waals surface area contributed by atoms with E-state index in [1.165, 1.54) is 25.7 Å². The summed E-state index contributed by atoms with van der Waals surface area (Å²) in [5.41, 5.74) is 1.17. The highest BCUT2D eigenvalue weighted by atomic mass is 14.6. The lowest BCUT2D eigenvalue weighted by molar-refractivity contribution is 0.0404. The smallest absolute Gasteiger partial charge is 0.0246 e. The van der Waals surface area contributed by atoms with Crippen LogP contribution in [0.2, 0.25) is 0 Å². The minimum atomic E-state index is 0.521. The van der Waals surface area contributed by atoms with E-state index in [9.17, 15) is 0 Å². The summed E-state index contributed by atoms with van der Waals surface area (Å²) >= 11 is 0. The zero-order valence-electron chi connectivity index (χ0n) is 8.98.